The topological polar surface area (TPSA) is 98.5 Å². The lowest BCUT2D eigenvalue weighted by atomic mass is 10.3. The first kappa shape index (κ1) is 18.2. The Morgan fingerprint density at radius 3 is 2.71 bits per heavy atom. The van der Waals surface area contributed by atoms with Gasteiger partial charge in [0.15, 0.2) is 12.4 Å². The monoisotopic (exact) mass is 398 g/mol. The third kappa shape index (κ3) is 5.82. The van der Waals surface area contributed by atoms with Crippen molar-refractivity contribution in [1.29, 1.82) is 0 Å². The van der Waals surface area contributed by atoms with E-state index in [0.717, 1.165) is 12.8 Å². The SMILES string of the molecule is CCCCNC(=O)COc1c(Cl)cc(Br)cc1S(N)(=O)=O. The minimum Gasteiger partial charge on any atom is -0.481 e. The number of sulfonamides is 1. The Kier molecular flexibility index (Phi) is 6.92. The zero-order chi connectivity index (χ0) is 16.0. The number of rotatable bonds is 7. The molecule has 21 heavy (non-hydrogen) atoms. The van der Waals surface area contributed by atoms with Crippen LogP contribution in [0.5, 0.6) is 5.75 Å². The summed E-state index contributed by atoms with van der Waals surface area (Å²) in [4.78, 5) is 11.3. The van der Waals surface area contributed by atoms with E-state index in [1.54, 1.807) is 0 Å². The van der Waals surface area contributed by atoms with Crippen molar-refractivity contribution in [3.05, 3.63) is 21.6 Å². The van der Waals surface area contributed by atoms with Crippen LogP contribution < -0.4 is 15.2 Å². The average molecular weight is 400 g/mol. The summed E-state index contributed by atoms with van der Waals surface area (Å²) in [5.74, 6) is -0.490. The normalized spacial score (nSPS) is 11.2. The maximum Gasteiger partial charge on any atom is 0.257 e. The largest absolute Gasteiger partial charge is 0.481 e. The van der Waals surface area contributed by atoms with Crippen LogP contribution in [0.2, 0.25) is 5.02 Å². The van der Waals surface area contributed by atoms with Crippen LogP contribution >= 0.6 is 27.5 Å². The van der Waals surface area contributed by atoms with Gasteiger partial charge in [-0.25, -0.2) is 13.6 Å². The molecule has 0 heterocycles. The Bertz CT molecular complexity index is 622. The summed E-state index contributed by atoms with van der Waals surface area (Å²) in [7, 11) is -4.02. The number of carbonyl (C=O) groups excluding carboxylic acids is 1. The zero-order valence-electron chi connectivity index (χ0n) is 11.4. The number of nitrogens with one attached hydrogen (secondary N) is 1. The van der Waals surface area contributed by atoms with E-state index in [1.165, 1.54) is 12.1 Å². The molecule has 1 amide bonds. The molecule has 0 spiro atoms. The molecule has 0 aliphatic heterocycles. The van der Waals surface area contributed by atoms with Gasteiger partial charge in [-0.05, 0) is 18.6 Å². The molecule has 0 unspecified atom stereocenters. The molecule has 0 aliphatic carbocycles. The molecule has 0 radical (unpaired) electrons. The summed E-state index contributed by atoms with van der Waals surface area (Å²) in [6, 6.07) is 2.73. The predicted octanol–water partition coefficient (Wildman–Crippen LogP) is 2.04. The molecule has 6 nitrogen and oxygen atoms in total. The van der Waals surface area contributed by atoms with Crippen LogP contribution in [0, 0.1) is 0 Å². The Morgan fingerprint density at radius 1 is 1.48 bits per heavy atom. The molecule has 0 fully saturated rings. The highest BCUT2D eigenvalue weighted by atomic mass is 79.9. The molecular weight excluding hydrogens is 384 g/mol. The molecule has 118 valence electrons. The summed E-state index contributed by atoms with van der Waals surface area (Å²) in [6.07, 6.45) is 1.81. The fourth-order valence-corrected chi connectivity index (χ4v) is 3.27. The van der Waals surface area contributed by atoms with Crippen LogP contribution in [0.15, 0.2) is 21.5 Å². The van der Waals surface area contributed by atoms with Gasteiger partial charge in [0.1, 0.15) is 4.90 Å². The summed E-state index contributed by atoms with van der Waals surface area (Å²) < 4.78 is 28.7. The van der Waals surface area contributed by atoms with Gasteiger partial charge in [-0.2, -0.15) is 0 Å². The van der Waals surface area contributed by atoms with Crippen molar-refractivity contribution < 1.29 is 17.9 Å². The van der Waals surface area contributed by atoms with Gasteiger partial charge in [0.05, 0.1) is 5.02 Å². The second-order valence-electron chi connectivity index (χ2n) is 4.25. The van der Waals surface area contributed by atoms with Gasteiger partial charge in [-0.15, -0.1) is 0 Å². The van der Waals surface area contributed by atoms with Crippen molar-refractivity contribution in [3.63, 3.8) is 0 Å². The Labute approximate surface area is 137 Å². The Hall–Kier alpha value is -0.830. The first-order chi connectivity index (χ1) is 9.75. The quantitative estimate of drug-likeness (QED) is 0.685. The van der Waals surface area contributed by atoms with Crippen LogP contribution in [-0.4, -0.2) is 27.5 Å². The molecule has 0 bridgehead atoms. The summed E-state index contributed by atoms with van der Waals surface area (Å²) >= 11 is 9.07. The van der Waals surface area contributed by atoms with Crippen LogP contribution in [-0.2, 0) is 14.8 Å². The number of benzene rings is 1. The van der Waals surface area contributed by atoms with Crippen molar-refractivity contribution in [2.45, 2.75) is 24.7 Å². The van der Waals surface area contributed by atoms with Gasteiger partial charge in [0.25, 0.3) is 5.91 Å². The predicted molar refractivity (Wildman–Crippen MR) is 83.9 cm³/mol. The highest BCUT2D eigenvalue weighted by Gasteiger charge is 2.20. The molecule has 0 atom stereocenters. The molecule has 9 heteroatoms. The van der Waals surface area contributed by atoms with E-state index in [0.29, 0.717) is 11.0 Å². The standard InChI is InChI=1S/C12H16BrClN2O4S/c1-2-3-4-16-11(17)7-20-12-9(14)5-8(13)6-10(12)21(15,18)19/h5-6H,2-4,7H2,1H3,(H,16,17)(H2,15,18,19). The number of nitrogens with two attached hydrogens (primary N) is 1. The molecule has 1 aromatic rings. The minimum absolute atomic E-state index is 0.0507. The number of primary sulfonamides is 1. The highest BCUT2D eigenvalue weighted by molar-refractivity contribution is 9.10. The average Bonchev–Trinajstić information content (AvgIpc) is 2.36. The van der Waals surface area contributed by atoms with E-state index < -0.39 is 10.0 Å². The van der Waals surface area contributed by atoms with E-state index in [9.17, 15) is 13.2 Å². The summed E-state index contributed by atoms with van der Waals surface area (Å²) in [6.45, 7) is 2.20. The zero-order valence-corrected chi connectivity index (χ0v) is 14.5. The molecule has 0 aromatic heterocycles. The third-order valence-electron chi connectivity index (χ3n) is 2.48. The minimum atomic E-state index is -4.02. The Balaban J connectivity index is 2.86. The molecule has 1 rings (SSSR count). The van der Waals surface area contributed by atoms with Crippen molar-refractivity contribution in [2.75, 3.05) is 13.2 Å². The van der Waals surface area contributed by atoms with Crippen LogP contribution in [0.3, 0.4) is 0 Å². The fraction of sp³-hybridized carbons (Fsp3) is 0.417. The molecule has 3 N–H and O–H groups in total. The first-order valence-corrected chi connectivity index (χ1v) is 8.88. The lowest BCUT2D eigenvalue weighted by molar-refractivity contribution is -0.123. The van der Waals surface area contributed by atoms with E-state index in [1.807, 2.05) is 6.92 Å². The van der Waals surface area contributed by atoms with E-state index in [4.69, 9.17) is 21.5 Å². The van der Waals surface area contributed by atoms with Gasteiger partial charge in [0.2, 0.25) is 10.0 Å². The first-order valence-electron chi connectivity index (χ1n) is 6.17. The van der Waals surface area contributed by atoms with Gasteiger partial charge in [0, 0.05) is 11.0 Å². The lowest BCUT2D eigenvalue weighted by Gasteiger charge is -2.12. The molecular formula is C12H16BrClN2O4S. The van der Waals surface area contributed by atoms with E-state index in [-0.39, 0.29) is 28.2 Å². The Morgan fingerprint density at radius 2 is 2.14 bits per heavy atom. The second kappa shape index (κ2) is 7.98. The van der Waals surface area contributed by atoms with Crippen molar-refractivity contribution >= 4 is 43.5 Å². The number of carbonyl (C=O) groups is 1. The van der Waals surface area contributed by atoms with Crippen LogP contribution in [0.1, 0.15) is 19.8 Å². The van der Waals surface area contributed by atoms with Gasteiger partial charge in [-0.1, -0.05) is 40.9 Å². The summed E-state index contributed by atoms with van der Waals surface area (Å²) in [5.41, 5.74) is 0. The van der Waals surface area contributed by atoms with Crippen LogP contribution in [0.4, 0.5) is 0 Å². The molecule has 0 aliphatic rings. The summed E-state index contributed by atoms with van der Waals surface area (Å²) in [5, 5.41) is 7.81. The molecule has 1 aromatic carbocycles. The number of ether oxygens (including phenoxy) is 1. The smallest absolute Gasteiger partial charge is 0.257 e. The third-order valence-corrected chi connectivity index (χ3v) is 4.14. The highest BCUT2D eigenvalue weighted by Crippen LogP contribution is 2.34. The molecule has 0 saturated carbocycles. The fourth-order valence-electron chi connectivity index (χ4n) is 1.48. The lowest BCUT2D eigenvalue weighted by Crippen LogP contribution is -2.30. The van der Waals surface area contributed by atoms with Gasteiger partial charge < -0.3 is 10.1 Å². The van der Waals surface area contributed by atoms with Crippen LogP contribution in [0.25, 0.3) is 0 Å². The van der Waals surface area contributed by atoms with Crippen molar-refractivity contribution in [1.82, 2.24) is 5.32 Å². The number of halogens is 2. The molecule has 0 saturated heterocycles. The maximum atomic E-state index is 11.6. The second-order valence-corrected chi connectivity index (χ2v) is 7.10. The van der Waals surface area contributed by atoms with Gasteiger partial charge in [-0.3, -0.25) is 4.79 Å². The van der Waals surface area contributed by atoms with E-state index in [2.05, 4.69) is 21.2 Å². The number of hydrogen-bond donors (Lipinski definition) is 2. The van der Waals surface area contributed by atoms with E-state index >= 15 is 0 Å². The van der Waals surface area contributed by atoms with Crippen molar-refractivity contribution in [2.24, 2.45) is 5.14 Å². The number of amides is 1. The number of unbranched alkanes of at least 4 members (excludes halogenated alkanes) is 1. The number of hydrogen-bond acceptors (Lipinski definition) is 4. The van der Waals surface area contributed by atoms with Gasteiger partial charge >= 0.3 is 0 Å². The maximum absolute atomic E-state index is 11.6. The van der Waals surface area contributed by atoms with Crippen molar-refractivity contribution in [3.8, 4) is 5.75 Å².